The second-order valence-electron chi connectivity index (χ2n) is 6.06. The van der Waals surface area contributed by atoms with E-state index in [-0.39, 0.29) is 0 Å². The highest BCUT2D eigenvalue weighted by atomic mass is 32.2. The summed E-state index contributed by atoms with van der Waals surface area (Å²) in [5, 5.41) is 5.42. The quantitative estimate of drug-likeness (QED) is 0.757. The molecule has 1 fully saturated rings. The summed E-state index contributed by atoms with van der Waals surface area (Å²) in [7, 11) is -3.19. The van der Waals surface area contributed by atoms with Crippen LogP contribution in [-0.2, 0) is 9.84 Å². The van der Waals surface area contributed by atoms with Crippen LogP contribution in [0, 0.1) is 0 Å². The van der Waals surface area contributed by atoms with E-state index in [0.29, 0.717) is 4.90 Å². The van der Waals surface area contributed by atoms with E-state index in [1.54, 1.807) is 29.8 Å². The van der Waals surface area contributed by atoms with E-state index in [1.165, 1.54) is 6.26 Å². The molecule has 0 atom stereocenters. The van der Waals surface area contributed by atoms with Gasteiger partial charge in [-0.25, -0.2) is 18.4 Å². The summed E-state index contributed by atoms with van der Waals surface area (Å²) in [6.07, 6.45) is 2.83. The number of nitrogens with one attached hydrogen (secondary N) is 1. The molecule has 0 saturated carbocycles. The van der Waals surface area contributed by atoms with Crippen LogP contribution in [0.4, 0.5) is 5.82 Å². The number of anilines is 1. The Hall–Kier alpha value is -2.03. The van der Waals surface area contributed by atoms with Crippen LogP contribution in [0.25, 0.3) is 21.3 Å². The SMILES string of the molecule is CS(=O)(=O)c1ccc(-c2csc3c(N4CCNCC4)ncnc23)cc1. The van der Waals surface area contributed by atoms with Gasteiger partial charge in [-0.15, -0.1) is 11.3 Å². The van der Waals surface area contributed by atoms with Crippen molar-refractivity contribution >= 4 is 37.2 Å². The topological polar surface area (TPSA) is 75.2 Å². The van der Waals surface area contributed by atoms with E-state index >= 15 is 0 Å². The second kappa shape index (κ2) is 6.36. The molecule has 0 unspecified atom stereocenters. The summed E-state index contributed by atoms with van der Waals surface area (Å²) in [6, 6.07) is 6.97. The highest BCUT2D eigenvalue weighted by Crippen LogP contribution is 2.37. The van der Waals surface area contributed by atoms with Gasteiger partial charge >= 0.3 is 0 Å². The molecule has 130 valence electrons. The monoisotopic (exact) mass is 374 g/mol. The van der Waals surface area contributed by atoms with Crippen LogP contribution in [0.5, 0.6) is 0 Å². The van der Waals surface area contributed by atoms with E-state index in [1.807, 2.05) is 12.1 Å². The molecule has 4 rings (SSSR count). The minimum atomic E-state index is -3.19. The van der Waals surface area contributed by atoms with Crippen molar-refractivity contribution in [3.05, 3.63) is 36.0 Å². The first-order valence-corrected chi connectivity index (χ1v) is 10.8. The Morgan fingerprint density at radius 2 is 1.84 bits per heavy atom. The lowest BCUT2D eigenvalue weighted by Gasteiger charge is -2.28. The maximum absolute atomic E-state index is 11.6. The molecule has 25 heavy (non-hydrogen) atoms. The number of aromatic nitrogens is 2. The Labute approximate surface area is 150 Å². The molecule has 3 aromatic rings. The van der Waals surface area contributed by atoms with Crippen LogP contribution in [0.15, 0.2) is 40.9 Å². The molecule has 0 radical (unpaired) electrons. The highest BCUT2D eigenvalue weighted by Gasteiger charge is 2.18. The van der Waals surface area contributed by atoms with Crippen molar-refractivity contribution in [2.24, 2.45) is 0 Å². The Balaban J connectivity index is 1.76. The molecule has 0 aliphatic carbocycles. The van der Waals surface area contributed by atoms with Gasteiger partial charge < -0.3 is 10.2 Å². The number of fused-ring (bicyclic) bond motifs is 1. The molecule has 3 heterocycles. The van der Waals surface area contributed by atoms with E-state index in [9.17, 15) is 8.42 Å². The van der Waals surface area contributed by atoms with Crippen molar-refractivity contribution < 1.29 is 8.42 Å². The Morgan fingerprint density at radius 1 is 1.12 bits per heavy atom. The lowest BCUT2D eigenvalue weighted by Crippen LogP contribution is -2.43. The smallest absolute Gasteiger partial charge is 0.175 e. The molecule has 2 aromatic heterocycles. The molecule has 8 heteroatoms. The van der Waals surface area contributed by atoms with E-state index in [0.717, 1.165) is 53.3 Å². The zero-order valence-corrected chi connectivity index (χ0v) is 15.4. The first-order valence-electron chi connectivity index (χ1n) is 8.02. The summed E-state index contributed by atoms with van der Waals surface area (Å²) in [6.45, 7) is 3.78. The van der Waals surface area contributed by atoms with Crippen LogP contribution in [0.3, 0.4) is 0 Å². The van der Waals surface area contributed by atoms with Gasteiger partial charge in [-0.3, -0.25) is 0 Å². The molecule has 1 aromatic carbocycles. The largest absolute Gasteiger partial charge is 0.353 e. The standard InChI is InChI=1S/C17H18N4O2S2/c1-25(22,23)13-4-2-12(3-5-13)14-10-24-16-15(14)19-11-20-17(16)21-8-6-18-7-9-21/h2-5,10-11,18H,6-9H2,1H3. The van der Waals surface area contributed by atoms with Crippen LogP contribution < -0.4 is 10.2 Å². The van der Waals surface area contributed by atoms with Gasteiger partial charge in [-0.2, -0.15) is 0 Å². The van der Waals surface area contributed by atoms with Gasteiger partial charge in [0.25, 0.3) is 0 Å². The summed E-state index contributed by atoms with van der Waals surface area (Å²) < 4.78 is 24.3. The summed E-state index contributed by atoms with van der Waals surface area (Å²) in [4.78, 5) is 11.6. The second-order valence-corrected chi connectivity index (χ2v) is 8.95. The van der Waals surface area contributed by atoms with Crippen LogP contribution in [0.2, 0.25) is 0 Å². The molecular weight excluding hydrogens is 356 g/mol. The molecule has 1 aliphatic rings. The lowest BCUT2D eigenvalue weighted by atomic mass is 10.1. The Kier molecular flexibility index (Phi) is 4.18. The van der Waals surface area contributed by atoms with Crippen molar-refractivity contribution in [2.45, 2.75) is 4.90 Å². The maximum Gasteiger partial charge on any atom is 0.175 e. The van der Waals surface area contributed by atoms with Gasteiger partial charge in [-0.1, -0.05) is 12.1 Å². The zero-order chi connectivity index (χ0) is 17.4. The van der Waals surface area contributed by atoms with Crippen molar-refractivity contribution in [3.63, 3.8) is 0 Å². The number of hydrogen-bond acceptors (Lipinski definition) is 7. The fourth-order valence-electron chi connectivity index (χ4n) is 3.03. The third-order valence-electron chi connectivity index (χ3n) is 4.34. The summed E-state index contributed by atoms with van der Waals surface area (Å²) in [5.74, 6) is 0.982. The highest BCUT2D eigenvalue weighted by molar-refractivity contribution is 7.90. The van der Waals surface area contributed by atoms with Gasteiger partial charge in [0.05, 0.1) is 15.1 Å². The molecule has 0 amide bonds. The summed E-state index contributed by atoms with van der Waals surface area (Å²) >= 11 is 1.63. The van der Waals surface area contributed by atoms with Crippen LogP contribution >= 0.6 is 11.3 Å². The molecule has 6 nitrogen and oxygen atoms in total. The van der Waals surface area contributed by atoms with Crippen LogP contribution in [-0.4, -0.2) is 50.8 Å². The minimum Gasteiger partial charge on any atom is -0.353 e. The number of hydrogen-bond donors (Lipinski definition) is 1. The van der Waals surface area contributed by atoms with Gasteiger partial charge in [0.15, 0.2) is 9.84 Å². The third kappa shape index (κ3) is 3.12. The first kappa shape index (κ1) is 16.4. The minimum absolute atomic E-state index is 0.326. The molecule has 0 spiro atoms. The fourth-order valence-corrected chi connectivity index (χ4v) is 4.70. The lowest BCUT2D eigenvalue weighted by molar-refractivity contribution is 0.586. The number of benzene rings is 1. The molecular formula is C17H18N4O2S2. The third-order valence-corrected chi connectivity index (χ3v) is 6.44. The van der Waals surface area contributed by atoms with E-state index < -0.39 is 9.84 Å². The normalized spacial score (nSPS) is 15.6. The fraction of sp³-hybridized carbons (Fsp3) is 0.294. The molecule has 1 aliphatic heterocycles. The van der Waals surface area contributed by atoms with Gasteiger partial charge in [0, 0.05) is 43.4 Å². The Morgan fingerprint density at radius 3 is 2.52 bits per heavy atom. The zero-order valence-electron chi connectivity index (χ0n) is 13.8. The first-order chi connectivity index (χ1) is 12.0. The molecule has 1 saturated heterocycles. The molecule has 1 N–H and O–H groups in total. The number of rotatable bonds is 3. The van der Waals surface area contributed by atoms with E-state index in [2.05, 4.69) is 25.6 Å². The summed E-state index contributed by atoms with van der Waals surface area (Å²) in [5.41, 5.74) is 2.89. The van der Waals surface area contributed by atoms with Gasteiger partial charge in [0.1, 0.15) is 12.1 Å². The van der Waals surface area contributed by atoms with Crippen molar-refractivity contribution in [1.29, 1.82) is 0 Å². The molecule has 0 bridgehead atoms. The van der Waals surface area contributed by atoms with Gasteiger partial charge in [0.2, 0.25) is 0 Å². The number of sulfone groups is 1. The predicted molar refractivity (Wildman–Crippen MR) is 101 cm³/mol. The number of piperazine rings is 1. The van der Waals surface area contributed by atoms with Crippen molar-refractivity contribution in [2.75, 3.05) is 37.3 Å². The average Bonchev–Trinajstić information content (AvgIpc) is 3.06. The Bertz CT molecular complexity index is 1010. The number of thiophene rings is 1. The van der Waals surface area contributed by atoms with E-state index in [4.69, 9.17) is 0 Å². The van der Waals surface area contributed by atoms with Gasteiger partial charge in [-0.05, 0) is 17.7 Å². The predicted octanol–water partition coefficient (Wildman–Crippen LogP) is 2.17. The van der Waals surface area contributed by atoms with Crippen molar-refractivity contribution in [1.82, 2.24) is 15.3 Å². The van der Waals surface area contributed by atoms with Crippen LogP contribution in [0.1, 0.15) is 0 Å². The maximum atomic E-state index is 11.6. The van der Waals surface area contributed by atoms with Crippen molar-refractivity contribution in [3.8, 4) is 11.1 Å². The number of nitrogens with zero attached hydrogens (tertiary/aromatic N) is 3. The average molecular weight is 374 g/mol.